The Morgan fingerprint density at radius 2 is 1.57 bits per heavy atom. The van der Waals surface area contributed by atoms with Crippen LogP contribution in [0.1, 0.15) is 41.4 Å². The molecule has 4 N–H and O–H groups in total. The van der Waals surface area contributed by atoms with Gasteiger partial charge in [0, 0.05) is 23.7 Å². The molecule has 0 radical (unpaired) electrons. The van der Waals surface area contributed by atoms with Gasteiger partial charge in [-0.3, -0.25) is 4.79 Å². The van der Waals surface area contributed by atoms with Crippen molar-refractivity contribution in [2.45, 2.75) is 32.5 Å². The Labute approximate surface area is 167 Å². The van der Waals surface area contributed by atoms with Crippen molar-refractivity contribution in [3.05, 3.63) is 71.3 Å². The van der Waals surface area contributed by atoms with Crippen LogP contribution < -0.4 is 20.9 Å². The summed E-state index contributed by atoms with van der Waals surface area (Å²) in [6.45, 7) is 4.80. The Morgan fingerprint density at radius 3 is 2.14 bits per heavy atom. The second-order valence-corrected chi connectivity index (χ2v) is 7.43. The highest BCUT2D eigenvalue weighted by Gasteiger charge is 2.18. The molecule has 0 unspecified atom stereocenters. The molecule has 3 amide bonds. The Hall–Kier alpha value is -2.86. The number of rotatable bonds is 8. The van der Waals surface area contributed by atoms with Gasteiger partial charge in [-0.2, -0.15) is 0 Å². The summed E-state index contributed by atoms with van der Waals surface area (Å²) in [5.41, 5.74) is 2.75. The maximum atomic E-state index is 12.5. The van der Waals surface area contributed by atoms with Crippen LogP contribution in [0.4, 0.5) is 4.79 Å². The van der Waals surface area contributed by atoms with Crippen LogP contribution in [-0.2, 0) is 6.54 Å². The zero-order chi connectivity index (χ0) is 20.5. The number of quaternary nitrogens is 1. The van der Waals surface area contributed by atoms with E-state index in [0.717, 1.165) is 5.56 Å². The van der Waals surface area contributed by atoms with Crippen molar-refractivity contribution in [2.24, 2.45) is 0 Å². The van der Waals surface area contributed by atoms with Gasteiger partial charge >= 0.3 is 6.03 Å². The Morgan fingerprint density at radius 1 is 0.929 bits per heavy atom. The molecule has 1 atom stereocenters. The average molecular weight is 384 g/mol. The molecule has 2 aromatic rings. The third kappa shape index (κ3) is 6.70. The zero-order valence-corrected chi connectivity index (χ0v) is 17.1. The first-order valence-corrected chi connectivity index (χ1v) is 9.63. The van der Waals surface area contributed by atoms with E-state index in [2.05, 4.69) is 42.2 Å². The smallest absolute Gasteiger partial charge is 0.315 e. The number of likely N-dealkylation sites (N-methyl/N-ethyl adjacent to an activating group) is 1. The predicted molar refractivity (Wildman–Crippen MR) is 111 cm³/mol. The van der Waals surface area contributed by atoms with Crippen molar-refractivity contribution in [2.75, 3.05) is 20.6 Å². The molecular formula is C22H31N4O2+. The molecule has 0 bridgehead atoms. The lowest BCUT2D eigenvalue weighted by Crippen LogP contribution is -3.07. The molecule has 6 nitrogen and oxygen atoms in total. The maximum absolute atomic E-state index is 12.5. The summed E-state index contributed by atoms with van der Waals surface area (Å²) in [5, 5.41) is 8.60. The van der Waals surface area contributed by atoms with Crippen molar-refractivity contribution in [3.63, 3.8) is 0 Å². The van der Waals surface area contributed by atoms with E-state index in [9.17, 15) is 9.59 Å². The number of urea groups is 1. The van der Waals surface area contributed by atoms with E-state index in [1.165, 1.54) is 10.5 Å². The van der Waals surface area contributed by atoms with E-state index in [1.54, 1.807) is 12.1 Å². The summed E-state index contributed by atoms with van der Waals surface area (Å²) in [6, 6.07) is 17.6. The van der Waals surface area contributed by atoms with Crippen LogP contribution in [0.5, 0.6) is 0 Å². The molecule has 0 aliphatic rings. The first kappa shape index (κ1) is 21.4. The number of amides is 3. The second-order valence-electron chi connectivity index (χ2n) is 7.43. The minimum atomic E-state index is -0.199. The molecule has 2 rings (SSSR count). The standard InChI is InChI=1S/C22H30N4O2/c1-16(2)25-22(28)24-14-17-10-12-19(13-11-17)21(27)23-15-20(26(3)4)18-8-6-5-7-9-18/h5-13,16,20H,14-15H2,1-4H3,(H,23,27)(H2,24,25,28)/p+1/t20-/m0/s1. The molecule has 150 valence electrons. The topological polar surface area (TPSA) is 74.7 Å². The summed E-state index contributed by atoms with van der Waals surface area (Å²) in [4.78, 5) is 25.4. The van der Waals surface area contributed by atoms with Gasteiger partial charge in [0.15, 0.2) is 0 Å². The van der Waals surface area contributed by atoms with Gasteiger partial charge in [0.1, 0.15) is 6.04 Å². The molecule has 0 aromatic heterocycles. The van der Waals surface area contributed by atoms with Crippen molar-refractivity contribution >= 4 is 11.9 Å². The summed E-state index contributed by atoms with van der Waals surface area (Å²) >= 11 is 0. The number of carbonyl (C=O) groups excluding carboxylic acids is 2. The van der Waals surface area contributed by atoms with Crippen molar-refractivity contribution in [1.29, 1.82) is 0 Å². The Kier molecular flexibility index (Phi) is 8.02. The van der Waals surface area contributed by atoms with E-state index < -0.39 is 0 Å². The van der Waals surface area contributed by atoms with Crippen LogP contribution in [0.25, 0.3) is 0 Å². The van der Waals surface area contributed by atoms with Crippen LogP contribution in [0.3, 0.4) is 0 Å². The molecule has 0 saturated heterocycles. The summed E-state index contributed by atoms with van der Waals surface area (Å²) < 4.78 is 0. The first-order valence-electron chi connectivity index (χ1n) is 9.63. The van der Waals surface area contributed by atoms with Gasteiger partial charge in [-0.25, -0.2) is 4.79 Å². The third-order valence-corrected chi connectivity index (χ3v) is 4.45. The minimum absolute atomic E-state index is 0.0924. The Bertz CT molecular complexity index is 758. The fraction of sp³-hybridized carbons (Fsp3) is 0.364. The molecule has 0 fully saturated rings. The highest BCUT2D eigenvalue weighted by Crippen LogP contribution is 2.09. The fourth-order valence-corrected chi connectivity index (χ4v) is 2.91. The lowest BCUT2D eigenvalue weighted by Gasteiger charge is -2.22. The maximum Gasteiger partial charge on any atom is 0.315 e. The summed E-state index contributed by atoms with van der Waals surface area (Å²) in [6.07, 6.45) is 0. The van der Waals surface area contributed by atoms with Gasteiger partial charge in [-0.1, -0.05) is 42.5 Å². The SMILES string of the molecule is CC(C)NC(=O)NCc1ccc(C(=O)NC[C@@H](c2ccccc2)[NH+](C)C)cc1. The zero-order valence-electron chi connectivity index (χ0n) is 17.1. The number of hydrogen-bond donors (Lipinski definition) is 4. The second kappa shape index (κ2) is 10.5. The highest BCUT2D eigenvalue weighted by atomic mass is 16.2. The van der Waals surface area contributed by atoms with Gasteiger partial charge in [0.05, 0.1) is 20.6 Å². The van der Waals surface area contributed by atoms with Crippen LogP contribution in [0.15, 0.2) is 54.6 Å². The molecule has 0 heterocycles. The van der Waals surface area contributed by atoms with E-state index in [0.29, 0.717) is 18.7 Å². The normalized spacial score (nSPS) is 11.9. The van der Waals surface area contributed by atoms with Gasteiger partial charge in [-0.15, -0.1) is 0 Å². The van der Waals surface area contributed by atoms with Gasteiger partial charge in [-0.05, 0) is 31.5 Å². The molecule has 6 heteroatoms. The number of benzene rings is 2. The van der Waals surface area contributed by atoms with E-state index in [4.69, 9.17) is 0 Å². The summed E-state index contributed by atoms with van der Waals surface area (Å²) in [5.74, 6) is -0.0979. The molecule has 0 saturated carbocycles. The molecular weight excluding hydrogens is 352 g/mol. The first-order chi connectivity index (χ1) is 13.4. The molecule has 0 aliphatic heterocycles. The molecule has 0 aliphatic carbocycles. The fourth-order valence-electron chi connectivity index (χ4n) is 2.91. The molecule has 0 spiro atoms. The highest BCUT2D eigenvalue weighted by molar-refractivity contribution is 5.94. The number of hydrogen-bond acceptors (Lipinski definition) is 2. The van der Waals surface area contributed by atoms with Crippen LogP contribution in [0, 0.1) is 0 Å². The van der Waals surface area contributed by atoms with Crippen LogP contribution >= 0.6 is 0 Å². The minimum Gasteiger partial charge on any atom is -0.346 e. The number of nitrogens with one attached hydrogen (secondary N) is 4. The van der Waals surface area contributed by atoms with E-state index >= 15 is 0 Å². The van der Waals surface area contributed by atoms with Crippen molar-refractivity contribution in [1.82, 2.24) is 16.0 Å². The summed E-state index contributed by atoms with van der Waals surface area (Å²) in [7, 11) is 4.17. The molecule has 28 heavy (non-hydrogen) atoms. The Balaban J connectivity index is 1.89. The van der Waals surface area contributed by atoms with Gasteiger partial charge in [0.2, 0.25) is 0 Å². The molecule has 2 aromatic carbocycles. The largest absolute Gasteiger partial charge is 0.346 e. The monoisotopic (exact) mass is 383 g/mol. The lowest BCUT2D eigenvalue weighted by molar-refractivity contribution is -0.890. The number of carbonyl (C=O) groups is 2. The third-order valence-electron chi connectivity index (χ3n) is 4.45. The van der Waals surface area contributed by atoms with E-state index in [1.807, 2.05) is 44.2 Å². The predicted octanol–water partition coefficient (Wildman–Crippen LogP) is 1.51. The lowest BCUT2D eigenvalue weighted by atomic mass is 10.1. The quantitative estimate of drug-likeness (QED) is 0.558. The van der Waals surface area contributed by atoms with Crippen molar-refractivity contribution in [3.8, 4) is 0 Å². The average Bonchev–Trinajstić information content (AvgIpc) is 2.67. The van der Waals surface area contributed by atoms with Crippen LogP contribution in [0.2, 0.25) is 0 Å². The van der Waals surface area contributed by atoms with E-state index in [-0.39, 0.29) is 24.0 Å². The van der Waals surface area contributed by atoms with Crippen LogP contribution in [-0.4, -0.2) is 38.6 Å². The van der Waals surface area contributed by atoms with Crippen molar-refractivity contribution < 1.29 is 14.5 Å². The van der Waals surface area contributed by atoms with Gasteiger partial charge < -0.3 is 20.9 Å². The van der Waals surface area contributed by atoms with Gasteiger partial charge in [0.25, 0.3) is 5.91 Å².